The van der Waals surface area contributed by atoms with Crippen LogP contribution in [0.4, 0.5) is 5.95 Å². The highest BCUT2D eigenvalue weighted by atomic mass is 16.2. The second-order valence-electron chi connectivity index (χ2n) is 2.20. The molecule has 0 unspecified atom stereocenters. The number of carbonyl (C=O) groups excluding carboxylic acids is 1. The Morgan fingerprint density at radius 1 is 1.67 bits per heavy atom. The largest absolute Gasteiger partial charge is 0.368 e. The lowest BCUT2D eigenvalue weighted by Gasteiger charge is -2.02. The molecule has 0 aromatic carbocycles. The molecule has 0 spiro atoms. The van der Waals surface area contributed by atoms with Crippen LogP contribution < -0.4 is 17.0 Å². The molecule has 0 aliphatic rings. The molecule has 6 heteroatoms. The van der Waals surface area contributed by atoms with Gasteiger partial charge < -0.3 is 5.73 Å². The molecule has 0 bridgehead atoms. The van der Waals surface area contributed by atoms with Gasteiger partial charge in [-0.05, 0) is 6.92 Å². The van der Waals surface area contributed by atoms with Crippen LogP contribution in [0.3, 0.4) is 0 Å². The predicted molar refractivity (Wildman–Crippen MR) is 42.8 cm³/mol. The number of nitrogens with two attached hydrogens (primary N) is 2. The number of amides is 1. The maximum absolute atomic E-state index is 11.0. The highest BCUT2D eigenvalue weighted by Crippen LogP contribution is 2.03. The van der Waals surface area contributed by atoms with Gasteiger partial charge in [0.15, 0.2) is 0 Å². The predicted octanol–water partition coefficient (Wildman–Crippen LogP) is -1.03. The fraction of sp³-hybridized carbons (Fsp3) is 0.167. The van der Waals surface area contributed by atoms with Crippen LogP contribution in [0, 0.1) is 6.92 Å². The maximum Gasteiger partial charge on any atom is 0.268 e. The number of hydrazine groups is 1. The number of rotatable bonds is 1. The summed E-state index contributed by atoms with van der Waals surface area (Å²) in [6.07, 6.45) is 1.33. The number of carbonyl (C=O) groups is 1. The molecule has 0 aliphatic carbocycles. The second-order valence-corrected chi connectivity index (χ2v) is 2.20. The van der Waals surface area contributed by atoms with E-state index in [2.05, 4.69) is 9.97 Å². The number of hydrogen-bond donors (Lipinski definition) is 3. The van der Waals surface area contributed by atoms with Gasteiger partial charge in [0.2, 0.25) is 5.95 Å². The number of aryl methyl sites for hydroxylation is 1. The lowest BCUT2D eigenvalue weighted by molar-refractivity contribution is 0.0952. The minimum Gasteiger partial charge on any atom is -0.368 e. The van der Waals surface area contributed by atoms with Crippen molar-refractivity contribution in [2.24, 2.45) is 5.84 Å². The topological polar surface area (TPSA) is 107 Å². The first-order valence-corrected chi connectivity index (χ1v) is 3.25. The standard InChI is InChI=1S/C6H9N5O/c1-3-4(5(12)11-8)2-9-6(7)10-3/h2H,8H2,1H3,(H,11,12)(H2,7,9,10). The molecule has 1 aromatic rings. The molecule has 1 amide bonds. The normalized spacial score (nSPS) is 9.50. The van der Waals surface area contributed by atoms with Gasteiger partial charge >= 0.3 is 0 Å². The van der Waals surface area contributed by atoms with E-state index < -0.39 is 5.91 Å². The minimum atomic E-state index is -0.424. The first-order chi connectivity index (χ1) is 5.65. The molecule has 6 nitrogen and oxygen atoms in total. The van der Waals surface area contributed by atoms with Crippen LogP contribution in [0.1, 0.15) is 16.1 Å². The Hall–Kier alpha value is -1.69. The molecule has 5 N–H and O–H groups in total. The van der Waals surface area contributed by atoms with Crippen molar-refractivity contribution in [2.45, 2.75) is 6.92 Å². The molecular formula is C6H9N5O. The van der Waals surface area contributed by atoms with Gasteiger partial charge in [0.1, 0.15) is 0 Å². The van der Waals surface area contributed by atoms with E-state index >= 15 is 0 Å². The van der Waals surface area contributed by atoms with Crippen molar-refractivity contribution in [1.82, 2.24) is 15.4 Å². The maximum atomic E-state index is 11.0. The smallest absolute Gasteiger partial charge is 0.268 e. The van der Waals surface area contributed by atoms with Crippen molar-refractivity contribution in [1.29, 1.82) is 0 Å². The van der Waals surface area contributed by atoms with Gasteiger partial charge in [-0.1, -0.05) is 0 Å². The zero-order chi connectivity index (χ0) is 9.14. The lowest BCUT2D eigenvalue weighted by atomic mass is 10.2. The Bertz CT molecular complexity index is 311. The van der Waals surface area contributed by atoms with Gasteiger partial charge in [0.05, 0.1) is 11.3 Å². The third-order valence-corrected chi connectivity index (χ3v) is 1.37. The summed E-state index contributed by atoms with van der Waals surface area (Å²) >= 11 is 0. The number of nitrogens with one attached hydrogen (secondary N) is 1. The molecule has 1 aromatic heterocycles. The lowest BCUT2D eigenvalue weighted by Crippen LogP contribution is -2.31. The summed E-state index contributed by atoms with van der Waals surface area (Å²) in [5.74, 6) is 4.64. The first-order valence-electron chi connectivity index (χ1n) is 3.25. The average Bonchev–Trinajstić information content (AvgIpc) is 2.03. The van der Waals surface area contributed by atoms with Crippen LogP contribution in [0.15, 0.2) is 6.20 Å². The Morgan fingerprint density at radius 2 is 2.33 bits per heavy atom. The molecule has 0 atom stereocenters. The number of nitrogens with zero attached hydrogens (tertiary/aromatic N) is 2. The molecule has 12 heavy (non-hydrogen) atoms. The molecule has 0 saturated heterocycles. The summed E-state index contributed by atoms with van der Waals surface area (Å²) in [5.41, 5.74) is 8.10. The molecule has 0 radical (unpaired) electrons. The van der Waals surface area contributed by atoms with E-state index in [0.717, 1.165) is 0 Å². The summed E-state index contributed by atoms with van der Waals surface area (Å²) in [4.78, 5) is 18.4. The quantitative estimate of drug-likeness (QED) is 0.281. The monoisotopic (exact) mass is 167 g/mol. The number of anilines is 1. The summed E-state index contributed by atoms with van der Waals surface area (Å²) < 4.78 is 0. The van der Waals surface area contributed by atoms with Crippen molar-refractivity contribution in [3.05, 3.63) is 17.5 Å². The second kappa shape index (κ2) is 3.14. The average molecular weight is 167 g/mol. The van der Waals surface area contributed by atoms with Crippen molar-refractivity contribution in [2.75, 3.05) is 5.73 Å². The van der Waals surface area contributed by atoms with Crippen molar-refractivity contribution >= 4 is 11.9 Å². The van der Waals surface area contributed by atoms with E-state index in [-0.39, 0.29) is 5.95 Å². The fourth-order valence-electron chi connectivity index (χ4n) is 0.786. The van der Waals surface area contributed by atoms with Crippen LogP contribution in [0.5, 0.6) is 0 Å². The Kier molecular flexibility index (Phi) is 2.20. The number of hydrogen-bond acceptors (Lipinski definition) is 5. The number of nitrogen functional groups attached to an aromatic ring is 2. The van der Waals surface area contributed by atoms with E-state index in [1.165, 1.54) is 6.20 Å². The third-order valence-electron chi connectivity index (χ3n) is 1.37. The van der Waals surface area contributed by atoms with E-state index in [4.69, 9.17) is 11.6 Å². The SMILES string of the molecule is Cc1nc(N)ncc1C(=O)NN. The Morgan fingerprint density at radius 3 is 2.83 bits per heavy atom. The zero-order valence-electron chi connectivity index (χ0n) is 6.53. The summed E-state index contributed by atoms with van der Waals surface area (Å²) in [7, 11) is 0. The van der Waals surface area contributed by atoms with Crippen LogP contribution in [-0.2, 0) is 0 Å². The van der Waals surface area contributed by atoms with Crippen LogP contribution in [0.25, 0.3) is 0 Å². The van der Waals surface area contributed by atoms with Gasteiger partial charge in [-0.2, -0.15) is 0 Å². The molecule has 64 valence electrons. The van der Waals surface area contributed by atoms with Crippen molar-refractivity contribution < 1.29 is 4.79 Å². The van der Waals surface area contributed by atoms with E-state index in [1.807, 2.05) is 5.43 Å². The first kappa shape index (κ1) is 8.41. The van der Waals surface area contributed by atoms with Crippen LogP contribution in [0.2, 0.25) is 0 Å². The van der Waals surface area contributed by atoms with Crippen LogP contribution >= 0.6 is 0 Å². The molecule has 0 aliphatic heterocycles. The fourth-order valence-corrected chi connectivity index (χ4v) is 0.786. The van der Waals surface area contributed by atoms with Gasteiger partial charge in [-0.15, -0.1) is 0 Å². The number of aromatic nitrogens is 2. The molecule has 1 heterocycles. The zero-order valence-corrected chi connectivity index (χ0v) is 6.53. The Balaban J connectivity index is 3.09. The highest BCUT2D eigenvalue weighted by molar-refractivity contribution is 5.94. The van der Waals surface area contributed by atoms with Gasteiger partial charge in [-0.3, -0.25) is 10.2 Å². The Labute approximate surface area is 69.0 Å². The molecule has 0 fully saturated rings. The van der Waals surface area contributed by atoms with Crippen molar-refractivity contribution in [3.63, 3.8) is 0 Å². The van der Waals surface area contributed by atoms with E-state index in [0.29, 0.717) is 11.3 Å². The molecule has 1 rings (SSSR count). The van der Waals surface area contributed by atoms with Crippen LogP contribution in [-0.4, -0.2) is 15.9 Å². The van der Waals surface area contributed by atoms with Gasteiger partial charge in [0.25, 0.3) is 5.91 Å². The van der Waals surface area contributed by atoms with E-state index in [1.54, 1.807) is 6.92 Å². The van der Waals surface area contributed by atoms with E-state index in [9.17, 15) is 4.79 Å². The van der Waals surface area contributed by atoms with Gasteiger partial charge in [0, 0.05) is 6.20 Å². The van der Waals surface area contributed by atoms with Crippen molar-refractivity contribution in [3.8, 4) is 0 Å². The highest BCUT2D eigenvalue weighted by Gasteiger charge is 2.08. The van der Waals surface area contributed by atoms with Gasteiger partial charge in [-0.25, -0.2) is 15.8 Å². The summed E-state index contributed by atoms with van der Waals surface area (Å²) in [6, 6.07) is 0. The molecule has 0 saturated carbocycles. The summed E-state index contributed by atoms with van der Waals surface area (Å²) in [5, 5.41) is 0. The summed E-state index contributed by atoms with van der Waals surface area (Å²) in [6.45, 7) is 1.66. The molecular weight excluding hydrogens is 158 g/mol. The third kappa shape index (κ3) is 1.48. The minimum absolute atomic E-state index is 0.140.